The van der Waals surface area contributed by atoms with Crippen molar-refractivity contribution in [3.8, 4) is 0 Å². The highest BCUT2D eigenvalue weighted by Crippen LogP contribution is 2.10. The number of hydrogen-bond donors (Lipinski definition) is 0. The van der Waals surface area contributed by atoms with Crippen molar-refractivity contribution in [1.29, 1.82) is 0 Å². The molecule has 0 radical (unpaired) electrons. The molecular weight excluding hydrogens is 216 g/mol. The van der Waals surface area contributed by atoms with E-state index in [-0.39, 0.29) is 0 Å². The molecule has 0 aliphatic rings. The maximum Gasteiger partial charge on any atom is -0.0242 e. The van der Waals surface area contributed by atoms with E-state index in [1.165, 1.54) is 22.3 Å². The van der Waals surface area contributed by atoms with E-state index < -0.39 is 0 Å². The van der Waals surface area contributed by atoms with Crippen LogP contribution in [0.25, 0.3) is 0 Å². The molecule has 0 fully saturated rings. The van der Waals surface area contributed by atoms with E-state index in [0.29, 0.717) is 0 Å². The van der Waals surface area contributed by atoms with Gasteiger partial charge >= 0.3 is 0 Å². The normalized spacial score (nSPS) is 9.17. The molecule has 0 aromatic heterocycles. The van der Waals surface area contributed by atoms with Gasteiger partial charge in [0.2, 0.25) is 0 Å². The Morgan fingerprint density at radius 2 is 1.67 bits per heavy atom. The van der Waals surface area contributed by atoms with Crippen molar-refractivity contribution in [1.82, 2.24) is 0 Å². The van der Waals surface area contributed by atoms with E-state index in [4.69, 9.17) is 0 Å². The summed E-state index contributed by atoms with van der Waals surface area (Å²) in [5.74, 6) is 0. The molecule has 0 spiro atoms. The first-order valence-corrected chi connectivity index (χ1v) is 6.81. The van der Waals surface area contributed by atoms with Gasteiger partial charge in [-0.1, -0.05) is 60.6 Å². The average Bonchev–Trinajstić information content (AvgIpc) is 2.38. The van der Waals surface area contributed by atoms with Crippen LogP contribution in [0.3, 0.4) is 0 Å². The number of benzene rings is 1. The average molecular weight is 244 g/mol. The zero-order valence-corrected chi connectivity index (χ0v) is 12.7. The second kappa shape index (κ2) is 9.70. The Balaban J connectivity index is 0.000000494. The molecular formula is C18H28. The van der Waals surface area contributed by atoms with Gasteiger partial charge in [0.25, 0.3) is 0 Å². The smallest absolute Gasteiger partial charge is 0.0242 e. The minimum absolute atomic E-state index is 1.10. The lowest BCUT2D eigenvalue weighted by Crippen LogP contribution is -1.87. The first kappa shape index (κ1) is 16.7. The number of aryl methyl sites for hydroxylation is 2. The van der Waals surface area contributed by atoms with Gasteiger partial charge in [0, 0.05) is 0 Å². The van der Waals surface area contributed by atoms with Gasteiger partial charge < -0.3 is 0 Å². The Morgan fingerprint density at radius 3 is 2.06 bits per heavy atom. The molecule has 0 unspecified atom stereocenters. The Bertz CT molecular complexity index is 362. The van der Waals surface area contributed by atoms with Gasteiger partial charge in [0.1, 0.15) is 0 Å². The highest BCUT2D eigenvalue weighted by atomic mass is 14.0. The second-order valence-corrected chi connectivity index (χ2v) is 4.96. The summed E-state index contributed by atoms with van der Waals surface area (Å²) in [4.78, 5) is 0. The van der Waals surface area contributed by atoms with E-state index in [1.807, 2.05) is 6.92 Å². The predicted molar refractivity (Wildman–Crippen MR) is 84.0 cm³/mol. The van der Waals surface area contributed by atoms with E-state index in [2.05, 4.69) is 64.6 Å². The summed E-state index contributed by atoms with van der Waals surface area (Å²) in [6.07, 6.45) is 5.44. The summed E-state index contributed by atoms with van der Waals surface area (Å²) in [6.45, 7) is 14.5. The van der Waals surface area contributed by atoms with E-state index in [0.717, 1.165) is 19.3 Å². The Hall–Kier alpha value is -1.30. The fourth-order valence-electron chi connectivity index (χ4n) is 1.25. The van der Waals surface area contributed by atoms with Crippen molar-refractivity contribution < 1.29 is 0 Å². The highest BCUT2D eigenvalue weighted by molar-refractivity contribution is 5.22. The first-order valence-electron chi connectivity index (χ1n) is 6.81. The van der Waals surface area contributed by atoms with E-state index >= 15 is 0 Å². The standard InChI is InChI=1S/C13H18.C5H10/c1-4-11(2)5-8-13-9-6-12(3)7-10-13;1-4-5(2)3/h6-7,9-10H,2,4-5,8H2,1,3H3;4H,1-3H3. The molecule has 0 heteroatoms. The van der Waals surface area contributed by atoms with Gasteiger partial charge in [-0.2, -0.15) is 0 Å². The van der Waals surface area contributed by atoms with Crippen molar-refractivity contribution in [2.75, 3.05) is 0 Å². The molecule has 0 saturated heterocycles. The van der Waals surface area contributed by atoms with Crippen LogP contribution < -0.4 is 0 Å². The quantitative estimate of drug-likeness (QED) is 0.581. The molecule has 0 heterocycles. The van der Waals surface area contributed by atoms with Crippen molar-refractivity contribution >= 4 is 0 Å². The van der Waals surface area contributed by atoms with Gasteiger partial charge in [-0.15, -0.1) is 0 Å². The summed E-state index contributed by atoms with van der Waals surface area (Å²) < 4.78 is 0. The fourth-order valence-corrected chi connectivity index (χ4v) is 1.25. The summed E-state index contributed by atoms with van der Waals surface area (Å²) in [6, 6.07) is 8.75. The Morgan fingerprint density at radius 1 is 1.17 bits per heavy atom. The van der Waals surface area contributed by atoms with Crippen molar-refractivity contribution in [2.24, 2.45) is 0 Å². The molecule has 0 saturated carbocycles. The fraction of sp³-hybridized carbons (Fsp3) is 0.444. The maximum atomic E-state index is 4.01. The molecule has 0 aliphatic carbocycles. The molecule has 0 aliphatic heterocycles. The van der Waals surface area contributed by atoms with Crippen LogP contribution in [0.5, 0.6) is 0 Å². The van der Waals surface area contributed by atoms with Crippen LogP contribution in [0, 0.1) is 6.92 Å². The van der Waals surface area contributed by atoms with Crippen molar-refractivity contribution in [3.63, 3.8) is 0 Å². The zero-order valence-electron chi connectivity index (χ0n) is 12.7. The van der Waals surface area contributed by atoms with Crippen LogP contribution >= 0.6 is 0 Å². The summed E-state index contributed by atoms with van der Waals surface area (Å²) in [5.41, 5.74) is 5.48. The maximum absolute atomic E-state index is 4.01. The van der Waals surface area contributed by atoms with Crippen LogP contribution in [0.1, 0.15) is 51.7 Å². The molecule has 1 aromatic carbocycles. The van der Waals surface area contributed by atoms with Gasteiger partial charge in [-0.05, 0) is 52.5 Å². The topological polar surface area (TPSA) is 0 Å². The number of rotatable bonds is 4. The lowest BCUT2D eigenvalue weighted by Gasteiger charge is -2.03. The van der Waals surface area contributed by atoms with Crippen LogP contribution in [0.4, 0.5) is 0 Å². The third-order valence-electron chi connectivity index (χ3n) is 2.97. The van der Waals surface area contributed by atoms with Gasteiger partial charge in [0.15, 0.2) is 0 Å². The van der Waals surface area contributed by atoms with Crippen molar-refractivity contribution in [3.05, 3.63) is 59.2 Å². The molecule has 1 rings (SSSR count). The molecule has 0 N–H and O–H groups in total. The predicted octanol–water partition coefficient (Wildman–Crippen LogP) is 5.87. The monoisotopic (exact) mass is 244 g/mol. The van der Waals surface area contributed by atoms with Crippen molar-refractivity contribution in [2.45, 2.75) is 53.9 Å². The molecule has 0 atom stereocenters. The summed E-state index contributed by atoms with van der Waals surface area (Å²) in [5, 5.41) is 0. The van der Waals surface area contributed by atoms with E-state index in [9.17, 15) is 0 Å². The second-order valence-electron chi connectivity index (χ2n) is 4.96. The van der Waals surface area contributed by atoms with Gasteiger partial charge in [-0.25, -0.2) is 0 Å². The largest absolute Gasteiger partial charge is 0.0999 e. The van der Waals surface area contributed by atoms with Crippen LogP contribution in [-0.2, 0) is 6.42 Å². The summed E-state index contributed by atoms with van der Waals surface area (Å²) in [7, 11) is 0. The van der Waals surface area contributed by atoms with E-state index in [1.54, 1.807) is 0 Å². The minimum atomic E-state index is 1.10. The molecule has 18 heavy (non-hydrogen) atoms. The van der Waals surface area contributed by atoms with Crippen LogP contribution in [0.15, 0.2) is 48.1 Å². The zero-order chi connectivity index (χ0) is 14.0. The SMILES string of the molecule is C=C(CC)CCc1ccc(C)cc1.CC=C(C)C. The Labute approximate surface area is 113 Å². The van der Waals surface area contributed by atoms with Gasteiger partial charge in [0.05, 0.1) is 0 Å². The molecule has 0 amide bonds. The molecule has 100 valence electrons. The molecule has 0 bridgehead atoms. The lowest BCUT2D eigenvalue weighted by molar-refractivity contribution is 0.890. The first-order chi connectivity index (χ1) is 8.49. The number of hydrogen-bond acceptors (Lipinski definition) is 0. The summed E-state index contributed by atoms with van der Waals surface area (Å²) >= 11 is 0. The molecule has 1 aromatic rings. The van der Waals surface area contributed by atoms with Crippen LogP contribution in [-0.4, -0.2) is 0 Å². The van der Waals surface area contributed by atoms with Crippen LogP contribution in [0.2, 0.25) is 0 Å². The van der Waals surface area contributed by atoms with Gasteiger partial charge in [-0.3, -0.25) is 0 Å². The third-order valence-corrected chi connectivity index (χ3v) is 2.97. The Kier molecular flexibility index (Phi) is 9.00. The third kappa shape index (κ3) is 8.81. The molecule has 0 nitrogen and oxygen atoms in total. The minimum Gasteiger partial charge on any atom is -0.0999 e. The lowest BCUT2D eigenvalue weighted by atomic mass is 10.0. The highest BCUT2D eigenvalue weighted by Gasteiger charge is 1.94. The number of allylic oxidation sites excluding steroid dienone is 3.